The summed E-state index contributed by atoms with van der Waals surface area (Å²) in [7, 11) is 0. The van der Waals surface area contributed by atoms with E-state index in [2.05, 4.69) is 25.9 Å². The summed E-state index contributed by atoms with van der Waals surface area (Å²) in [6.45, 7) is 1.59. The van der Waals surface area contributed by atoms with Crippen LogP contribution in [0.4, 0.5) is 0 Å². The second-order valence-corrected chi connectivity index (χ2v) is 12.7. The first-order chi connectivity index (χ1) is 23.6. The maximum atomic E-state index is 13.7. The summed E-state index contributed by atoms with van der Waals surface area (Å²) in [5, 5.41) is 19.0. The normalized spacial score (nSPS) is 13.4. The molecule has 3 aromatic carbocycles. The van der Waals surface area contributed by atoms with Crippen molar-refractivity contribution in [2.75, 3.05) is 6.54 Å². The zero-order valence-electron chi connectivity index (χ0n) is 27.4. The second kappa shape index (κ2) is 18.4. The fraction of sp³-hybridized carbons (Fsp3) is 0.333. The van der Waals surface area contributed by atoms with Crippen molar-refractivity contribution in [3.8, 4) is 0 Å². The van der Waals surface area contributed by atoms with Crippen LogP contribution in [0.25, 0.3) is 10.2 Å². The number of nitrogens with one attached hydrogen (secondary N) is 3. The number of aliphatic hydroxyl groups is 1. The molecule has 0 saturated carbocycles. The number of nitrogens with two attached hydrogens (primary N) is 2. The number of hydrogen-bond donors (Lipinski definition) is 6. The van der Waals surface area contributed by atoms with Gasteiger partial charge in [0.15, 0.2) is 11.0 Å². The van der Waals surface area contributed by atoms with Crippen LogP contribution in [-0.4, -0.2) is 70.3 Å². The quantitative estimate of drug-likeness (QED) is 0.0397. The highest BCUT2D eigenvalue weighted by Gasteiger charge is 2.33. The first-order valence-electron chi connectivity index (χ1n) is 16.2. The summed E-state index contributed by atoms with van der Waals surface area (Å²) in [6, 6.07) is 22.9. The van der Waals surface area contributed by atoms with Gasteiger partial charge in [0.2, 0.25) is 23.5 Å². The Morgan fingerprint density at radius 3 is 2.06 bits per heavy atom. The SMILES string of the molecule is C[C@@H](O)[C@H](NC(=O)[C@H](CCc1ccccc1)NC(=O)CCc1ccccc1)C(=O)N[C@@H](CCCN=C(N)N)C(=O)c1nc2ccccc2s1. The van der Waals surface area contributed by atoms with Gasteiger partial charge in [0.05, 0.1) is 22.4 Å². The van der Waals surface area contributed by atoms with Crippen LogP contribution in [0.1, 0.15) is 53.5 Å². The molecule has 0 aliphatic heterocycles. The molecular formula is C36H43N7O5S. The molecule has 0 radical (unpaired) electrons. The molecule has 258 valence electrons. The van der Waals surface area contributed by atoms with Crippen LogP contribution >= 0.6 is 11.3 Å². The van der Waals surface area contributed by atoms with Crippen molar-refractivity contribution in [3.05, 3.63) is 101 Å². The van der Waals surface area contributed by atoms with Gasteiger partial charge in [-0.3, -0.25) is 24.2 Å². The Labute approximate surface area is 289 Å². The van der Waals surface area contributed by atoms with Crippen LogP contribution in [0.5, 0.6) is 0 Å². The van der Waals surface area contributed by atoms with Gasteiger partial charge in [-0.1, -0.05) is 72.8 Å². The van der Waals surface area contributed by atoms with Crippen molar-refractivity contribution in [2.45, 2.75) is 69.7 Å². The lowest BCUT2D eigenvalue weighted by atomic mass is 10.0. The maximum absolute atomic E-state index is 13.7. The molecule has 4 atom stereocenters. The molecule has 3 amide bonds. The number of Topliss-reactive ketones (excluding diaryl/α,β-unsaturated/α-hetero) is 1. The number of guanidine groups is 1. The Bertz CT molecular complexity index is 1690. The number of aliphatic hydroxyl groups excluding tert-OH is 1. The smallest absolute Gasteiger partial charge is 0.245 e. The van der Waals surface area contributed by atoms with Gasteiger partial charge >= 0.3 is 0 Å². The molecule has 12 nitrogen and oxygen atoms in total. The van der Waals surface area contributed by atoms with Gasteiger partial charge in [0.25, 0.3) is 0 Å². The third-order valence-electron chi connectivity index (χ3n) is 7.85. The van der Waals surface area contributed by atoms with E-state index in [1.54, 1.807) is 6.07 Å². The maximum Gasteiger partial charge on any atom is 0.245 e. The summed E-state index contributed by atoms with van der Waals surface area (Å²) in [5.74, 6) is -2.23. The van der Waals surface area contributed by atoms with Crippen LogP contribution in [0.15, 0.2) is 89.9 Å². The second-order valence-electron chi connectivity index (χ2n) is 11.7. The predicted octanol–water partition coefficient (Wildman–Crippen LogP) is 2.63. The van der Waals surface area contributed by atoms with E-state index in [-0.39, 0.29) is 42.7 Å². The Balaban J connectivity index is 1.48. The molecule has 1 aromatic heterocycles. The number of aryl methyl sites for hydroxylation is 2. The monoisotopic (exact) mass is 685 g/mol. The molecule has 0 bridgehead atoms. The molecule has 8 N–H and O–H groups in total. The number of fused-ring (bicyclic) bond motifs is 1. The molecule has 49 heavy (non-hydrogen) atoms. The lowest BCUT2D eigenvalue weighted by molar-refractivity contribution is -0.134. The molecule has 0 fully saturated rings. The highest BCUT2D eigenvalue weighted by Crippen LogP contribution is 2.23. The lowest BCUT2D eigenvalue weighted by Gasteiger charge is -2.26. The van der Waals surface area contributed by atoms with Crippen molar-refractivity contribution in [3.63, 3.8) is 0 Å². The van der Waals surface area contributed by atoms with Gasteiger partial charge in [0.1, 0.15) is 12.1 Å². The molecular weight excluding hydrogens is 643 g/mol. The van der Waals surface area contributed by atoms with Gasteiger partial charge in [-0.05, 0) is 62.3 Å². The number of ketones is 1. The van der Waals surface area contributed by atoms with E-state index >= 15 is 0 Å². The van der Waals surface area contributed by atoms with E-state index in [0.29, 0.717) is 24.8 Å². The van der Waals surface area contributed by atoms with Crippen molar-refractivity contribution >= 4 is 51.0 Å². The zero-order valence-corrected chi connectivity index (χ0v) is 28.2. The topological polar surface area (TPSA) is 202 Å². The summed E-state index contributed by atoms with van der Waals surface area (Å²) in [5.41, 5.74) is 13.5. The van der Waals surface area contributed by atoms with Crippen LogP contribution in [0.3, 0.4) is 0 Å². The Morgan fingerprint density at radius 1 is 0.796 bits per heavy atom. The van der Waals surface area contributed by atoms with Crippen molar-refractivity contribution < 1.29 is 24.3 Å². The number of para-hydroxylation sites is 1. The average Bonchev–Trinajstić information content (AvgIpc) is 3.54. The van der Waals surface area contributed by atoms with E-state index in [1.165, 1.54) is 18.3 Å². The number of aromatic nitrogens is 1. The standard InChI is InChI=1S/C36H43N7O5S/c1-23(44)31(34(48)41-27(16-10-22-39-36(37)38)32(46)35-42-26-15-8-9-17-29(26)49-35)43-33(47)28(20-18-24-11-4-2-5-12-24)40-30(45)21-19-25-13-6-3-7-14-25/h2-9,11-15,17,23,27-28,31,44H,10,16,18-22H2,1H3,(H,40,45)(H,41,48)(H,43,47)(H4,37,38,39)/t23-,27+,28+,31+/m1/s1. The van der Waals surface area contributed by atoms with Crippen LogP contribution in [-0.2, 0) is 27.2 Å². The minimum absolute atomic E-state index is 0.0936. The first-order valence-corrected chi connectivity index (χ1v) is 17.0. The molecule has 0 aliphatic rings. The molecule has 1 heterocycles. The number of rotatable bonds is 18. The Hall–Kier alpha value is -5.14. The highest BCUT2D eigenvalue weighted by atomic mass is 32.1. The van der Waals surface area contributed by atoms with Crippen LogP contribution in [0, 0.1) is 0 Å². The number of amides is 3. The predicted molar refractivity (Wildman–Crippen MR) is 191 cm³/mol. The van der Waals surface area contributed by atoms with Crippen molar-refractivity contribution in [2.24, 2.45) is 16.5 Å². The number of thiazole rings is 1. The summed E-state index contributed by atoms with van der Waals surface area (Å²) in [4.78, 5) is 62.4. The van der Waals surface area contributed by atoms with E-state index in [0.717, 1.165) is 15.8 Å². The number of aliphatic imine (C=N–C) groups is 1. The summed E-state index contributed by atoms with van der Waals surface area (Å²) >= 11 is 1.21. The van der Waals surface area contributed by atoms with E-state index < -0.39 is 41.8 Å². The molecule has 0 unspecified atom stereocenters. The molecule has 4 aromatic rings. The first kappa shape index (κ1) is 36.7. The van der Waals surface area contributed by atoms with E-state index in [1.807, 2.05) is 78.9 Å². The minimum atomic E-state index is -1.42. The number of benzene rings is 3. The zero-order chi connectivity index (χ0) is 35.2. The molecule has 4 rings (SSSR count). The summed E-state index contributed by atoms with van der Waals surface area (Å²) in [6.07, 6.45) is 0.604. The minimum Gasteiger partial charge on any atom is -0.391 e. The Kier molecular flexibility index (Phi) is 13.8. The van der Waals surface area contributed by atoms with Gasteiger partial charge in [0, 0.05) is 13.0 Å². The number of nitrogens with zero attached hydrogens (tertiary/aromatic N) is 2. The number of carbonyl (C=O) groups excluding carboxylic acids is 4. The fourth-order valence-electron chi connectivity index (χ4n) is 5.21. The largest absolute Gasteiger partial charge is 0.391 e. The van der Waals surface area contributed by atoms with Crippen molar-refractivity contribution in [1.29, 1.82) is 0 Å². The fourth-order valence-corrected chi connectivity index (χ4v) is 6.17. The molecule has 0 saturated heterocycles. The van der Waals surface area contributed by atoms with Gasteiger partial charge in [-0.25, -0.2) is 4.98 Å². The molecule has 13 heteroatoms. The number of hydrogen-bond acceptors (Lipinski definition) is 8. The highest BCUT2D eigenvalue weighted by molar-refractivity contribution is 7.20. The van der Waals surface area contributed by atoms with Gasteiger partial charge in [-0.15, -0.1) is 11.3 Å². The average molecular weight is 686 g/mol. The van der Waals surface area contributed by atoms with E-state index in [9.17, 15) is 24.3 Å². The third-order valence-corrected chi connectivity index (χ3v) is 8.90. The van der Waals surface area contributed by atoms with Gasteiger partial charge in [-0.2, -0.15) is 0 Å². The molecule has 0 aliphatic carbocycles. The van der Waals surface area contributed by atoms with Crippen molar-refractivity contribution in [1.82, 2.24) is 20.9 Å². The summed E-state index contributed by atoms with van der Waals surface area (Å²) < 4.78 is 0.818. The Morgan fingerprint density at radius 2 is 1.43 bits per heavy atom. The van der Waals surface area contributed by atoms with Gasteiger partial charge < -0.3 is 32.5 Å². The third kappa shape index (κ3) is 11.5. The molecule has 0 spiro atoms. The van der Waals surface area contributed by atoms with Crippen LogP contribution < -0.4 is 27.4 Å². The lowest BCUT2D eigenvalue weighted by Crippen LogP contribution is -2.59. The van der Waals surface area contributed by atoms with E-state index in [4.69, 9.17) is 11.5 Å². The van der Waals surface area contributed by atoms with Crippen LogP contribution in [0.2, 0.25) is 0 Å². The number of carbonyl (C=O) groups is 4.